The third-order valence-corrected chi connectivity index (χ3v) is 6.45. The molecule has 1 atom stereocenters. The Morgan fingerprint density at radius 3 is 2.54 bits per heavy atom. The summed E-state index contributed by atoms with van der Waals surface area (Å²) < 4.78 is 20.4. The van der Waals surface area contributed by atoms with Gasteiger partial charge in [0.15, 0.2) is 11.5 Å². The minimum atomic E-state index is -0.629. The number of allylic oxidation sites excluding steroid dienone is 4. The number of nitrogens with zero attached hydrogens (tertiary/aromatic N) is 3. The van der Waals surface area contributed by atoms with Gasteiger partial charge in [0.2, 0.25) is 0 Å². The molecule has 2 heterocycles. The number of aliphatic hydroxyl groups excluding tert-OH is 1. The number of carbonyl (C=O) groups is 1. The minimum Gasteiger partial charge on any atom is -0.493 e. The number of amides is 1. The molecular formula is C31H34N4O6. The number of hydrogen-bond acceptors (Lipinski definition) is 7. The number of aliphatic hydroxyl groups is 1. The molecule has 4 aromatic rings. The molecule has 0 aliphatic carbocycles. The van der Waals surface area contributed by atoms with E-state index in [0.717, 1.165) is 0 Å². The van der Waals surface area contributed by atoms with Gasteiger partial charge in [0.25, 0.3) is 11.5 Å². The lowest BCUT2D eigenvalue weighted by atomic mass is 10.1. The Morgan fingerprint density at radius 1 is 1.15 bits per heavy atom. The van der Waals surface area contributed by atoms with Crippen LogP contribution in [0.15, 0.2) is 71.7 Å². The summed E-state index contributed by atoms with van der Waals surface area (Å²) in [6.07, 6.45) is 6.51. The number of pyridine rings is 1. The first-order chi connectivity index (χ1) is 19.6. The monoisotopic (exact) mass is 558 g/mol. The Labute approximate surface area is 238 Å². The number of fused-ring (bicyclic) bond motifs is 1. The molecule has 0 fully saturated rings. The van der Waals surface area contributed by atoms with Gasteiger partial charge in [-0.3, -0.25) is 19.3 Å². The third kappa shape index (κ3) is 6.33. The van der Waals surface area contributed by atoms with Gasteiger partial charge in [-0.05, 0) is 70.2 Å². The van der Waals surface area contributed by atoms with Crippen molar-refractivity contribution in [2.45, 2.75) is 33.8 Å². The zero-order valence-corrected chi connectivity index (χ0v) is 24.0. The fourth-order valence-corrected chi connectivity index (χ4v) is 4.30. The smallest absolute Gasteiger partial charge is 0.284 e. The first-order valence-corrected chi connectivity index (χ1v) is 13.1. The summed E-state index contributed by atoms with van der Waals surface area (Å²) >= 11 is 0. The maximum Gasteiger partial charge on any atom is 0.284 e. The Kier molecular flexibility index (Phi) is 8.94. The van der Waals surface area contributed by atoms with Crippen molar-refractivity contribution in [2.24, 2.45) is 7.05 Å². The third-order valence-electron chi connectivity index (χ3n) is 6.45. The topological polar surface area (TPSA) is 117 Å². The molecule has 0 saturated carbocycles. The van der Waals surface area contributed by atoms with Crippen LogP contribution in [0, 0.1) is 6.92 Å². The van der Waals surface area contributed by atoms with Crippen LogP contribution in [-0.4, -0.2) is 45.2 Å². The molecule has 0 aliphatic heterocycles. The Morgan fingerprint density at radius 2 is 1.88 bits per heavy atom. The molecule has 0 saturated heterocycles. The Bertz CT molecular complexity index is 1680. The quantitative estimate of drug-likeness (QED) is 0.254. The predicted octanol–water partition coefficient (Wildman–Crippen LogP) is 5.29. The van der Waals surface area contributed by atoms with Crippen molar-refractivity contribution < 1.29 is 24.1 Å². The fourth-order valence-electron chi connectivity index (χ4n) is 4.30. The second kappa shape index (κ2) is 12.6. The van der Waals surface area contributed by atoms with Crippen molar-refractivity contribution in [3.8, 4) is 23.0 Å². The van der Waals surface area contributed by atoms with E-state index < -0.39 is 12.0 Å². The van der Waals surface area contributed by atoms with Crippen LogP contribution in [0.25, 0.3) is 16.6 Å². The molecule has 4 rings (SSSR count). The molecule has 0 aliphatic rings. The number of nitrogens with one attached hydrogen (secondary N) is 1. The van der Waals surface area contributed by atoms with Crippen LogP contribution in [0.4, 0.5) is 5.69 Å². The van der Waals surface area contributed by atoms with Crippen molar-refractivity contribution in [3.63, 3.8) is 0 Å². The average molecular weight is 559 g/mol. The second-order valence-corrected chi connectivity index (χ2v) is 9.50. The number of carbonyl (C=O) groups excluding carboxylic acids is 1. The maximum atomic E-state index is 13.1. The van der Waals surface area contributed by atoms with Crippen LogP contribution in [0.1, 0.15) is 36.8 Å². The van der Waals surface area contributed by atoms with Crippen molar-refractivity contribution >= 4 is 28.2 Å². The summed E-state index contributed by atoms with van der Waals surface area (Å²) in [4.78, 5) is 30.6. The molecule has 0 bridgehead atoms. The minimum absolute atomic E-state index is 0.0788. The number of methoxy groups -OCH3 is 1. The number of benzene rings is 2. The fraction of sp³-hybridized carbons (Fsp3) is 0.258. The van der Waals surface area contributed by atoms with E-state index in [2.05, 4.69) is 10.3 Å². The molecular weight excluding hydrogens is 524 g/mol. The van der Waals surface area contributed by atoms with Gasteiger partial charge in [-0.25, -0.2) is 4.68 Å². The van der Waals surface area contributed by atoms with Crippen molar-refractivity contribution in [1.82, 2.24) is 14.3 Å². The Hall–Kier alpha value is -4.83. The number of ether oxygens (including phenoxy) is 3. The SMILES string of the molecule is C/C=C\C=C(/C)n1c(=O)c(C(=O)Nc2ccc(Oc3ccnc4cc(OC[C@H](C)O)c(OC)cc34)cc2)c(C)n1C. The molecule has 2 N–H and O–H groups in total. The molecule has 10 nitrogen and oxygen atoms in total. The molecule has 0 radical (unpaired) electrons. The van der Waals surface area contributed by atoms with E-state index in [0.29, 0.717) is 51.0 Å². The maximum absolute atomic E-state index is 13.1. The van der Waals surface area contributed by atoms with E-state index in [9.17, 15) is 14.7 Å². The van der Waals surface area contributed by atoms with E-state index in [1.165, 1.54) is 11.8 Å². The largest absolute Gasteiger partial charge is 0.493 e. The highest BCUT2D eigenvalue weighted by molar-refractivity contribution is 6.05. The van der Waals surface area contributed by atoms with Crippen LogP contribution in [-0.2, 0) is 7.05 Å². The Balaban J connectivity index is 1.54. The lowest BCUT2D eigenvalue weighted by molar-refractivity contribution is 0.102. The highest BCUT2D eigenvalue weighted by atomic mass is 16.5. The second-order valence-electron chi connectivity index (χ2n) is 9.50. The summed E-state index contributed by atoms with van der Waals surface area (Å²) in [6, 6.07) is 12.1. The van der Waals surface area contributed by atoms with Crippen LogP contribution in [0.5, 0.6) is 23.0 Å². The van der Waals surface area contributed by atoms with Crippen molar-refractivity contribution in [2.75, 3.05) is 19.0 Å². The van der Waals surface area contributed by atoms with Gasteiger partial charge in [0.05, 0.1) is 24.4 Å². The van der Waals surface area contributed by atoms with E-state index in [-0.39, 0.29) is 17.7 Å². The summed E-state index contributed by atoms with van der Waals surface area (Å²) in [6.45, 7) is 7.20. The van der Waals surface area contributed by atoms with Gasteiger partial charge >= 0.3 is 0 Å². The average Bonchev–Trinajstić information content (AvgIpc) is 3.18. The number of rotatable bonds is 10. The van der Waals surface area contributed by atoms with Crippen LogP contribution in [0.3, 0.4) is 0 Å². The van der Waals surface area contributed by atoms with Gasteiger partial charge in [-0.1, -0.05) is 12.2 Å². The molecule has 2 aromatic carbocycles. The van der Waals surface area contributed by atoms with Gasteiger partial charge in [0.1, 0.15) is 23.7 Å². The lowest BCUT2D eigenvalue weighted by Crippen LogP contribution is -2.25. The van der Waals surface area contributed by atoms with Crippen LogP contribution in [0.2, 0.25) is 0 Å². The molecule has 0 spiro atoms. The summed E-state index contributed by atoms with van der Waals surface area (Å²) in [5.74, 6) is 1.54. The number of aromatic nitrogens is 3. The van der Waals surface area contributed by atoms with Gasteiger partial charge in [-0.2, -0.15) is 0 Å². The summed E-state index contributed by atoms with van der Waals surface area (Å²) in [7, 11) is 3.28. The first-order valence-electron chi connectivity index (χ1n) is 13.1. The van der Waals surface area contributed by atoms with Gasteiger partial charge in [0, 0.05) is 36.1 Å². The molecule has 10 heteroatoms. The lowest BCUT2D eigenvalue weighted by Gasteiger charge is -2.15. The van der Waals surface area contributed by atoms with E-state index in [4.69, 9.17) is 14.2 Å². The molecule has 214 valence electrons. The molecule has 2 aromatic heterocycles. The predicted molar refractivity (Wildman–Crippen MR) is 159 cm³/mol. The zero-order chi connectivity index (χ0) is 29.7. The van der Waals surface area contributed by atoms with Gasteiger partial charge in [-0.15, -0.1) is 0 Å². The van der Waals surface area contributed by atoms with Crippen molar-refractivity contribution in [1.29, 1.82) is 0 Å². The normalized spacial score (nSPS) is 12.5. The zero-order valence-electron chi connectivity index (χ0n) is 24.0. The first kappa shape index (κ1) is 29.2. The van der Waals surface area contributed by atoms with E-state index in [1.54, 1.807) is 74.2 Å². The molecule has 1 amide bonds. The van der Waals surface area contributed by atoms with Crippen molar-refractivity contribution in [3.05, 3.63) is 88.5 Å². The highest BCUT2D eigenvalue weighted by Gasteiger charge is 2.22. The standard InChI is InChI=1S/C31H34N4O6/c1-7-8-9-19(2)35-31(38)29(21(4)34(35)5)30(37)33-22-10-12-23(13-11-22)41-26-14-15-32-25-17-28(40-18-20(3)36)27(39-6)16-24(25)26/h7-17,20,36H,18H2,1-6H3,(H,33,37)/b8-7-,19-9+/t20-/m0/s1. The number of hydrogen-bond donors (Lipinski definition) is 2. The molecule has 0 unspecified atom stereocenters. The van der Waals surface area contributed by atoms with Crippen LogP contribution >= 0.6 is 0 Å². The summed E-state index contributed by atoms with van der Waals surface area (Å²) in [5, 5.41) is 13.1. The highest BCUT2D eigenvalue weighted by Crippen LogP contribution is 2.37. The number of anilines is 1. The van der Waals surface area contributed by atoms with E-state index in [1.807, 2.05) is 32.1 Å². The molecule has 41 heavy (non-hydrogen) atoms. The van der Waals surface area contributed by atoms with E-state index >= 15 is 0 Å². The van der Waals surface area contributed by atoms with Crippen LogP contribution < -0.4 is 25.1 Å². The summed E-state index contributed by atoms with van der Waals surface area (Å²) in [5.41, 5.74) is 2.09. The van der Waals surface area contributed by atoms with Gasteiger partial charge < -0.3 is 24.6 Å².